The molecule has 0 radical (unpaired) electrons. The van der Waals surface area contributed by atoms with Gasteiger partial charge in [-0.2, -0.15) is 0 Å². The Morgan fingerprint density at radius 3 is 2.26 bits per heavy atom. The van der Waals surface area contributed by atoms with E-state index in [0.717, 1.165) is 48.7 Å². The molecule has 1 aliphatic rings. The Kier molecular flexibility index (Phi) is 6.34. The maximum absolute atomic E-state index is 13.1. The Labute approximate surface area is 161 Å². The van der Waals surface area contributed by atoms with Crippen molar-refractivity contribution in [2.45, 2.75) is 26.9 Å². The molecule has 146 valence electrons. The molecule has 1 fully saturated rings. The fraction of sp³-hybridized carbons (Fsp3) is 0.455. The van der Waals surface area contributed by atoms with E-state index >= 15 is 0 Å². The van der Waals surface area contributed by atoms with E-state index in [1.807, 2.05) is 19.1 Å². The van der Waals surface area contributed by atoms with E-state index in [9.17, 15) is 9.50 Å². The van der Waals surface area contributed by atoms with Gasteiger partial charge >= 0.3 is 0 Å². The summed E-state index contributed by atoms with van der Waals surface area (Å²) in [4.78, 5) is 4.50. The Morgan fingerprint density at radius 1 is 0.963 bits per heavy atom. The van der Waals surface area contributed by atoms with E-state index in [1.54, 1.807) is 0 Å². The number of nitrogens with zero attached hydrogens (tertiary/aromatic N) is 2. The van der Waals surface area contributed by atoms with Crippen LogP contribution in [-0.4, -0.2) is 55.4 Å². The highest BCUT2D eigenvalue weighted by Crippen LogP contribution is 2.26. The molecule has 2 aromatic carbocycles. The zero-order valence-electron chi connectivity index (χ0n) is 16.4. The molecule has 3 rings (SSSR count). The molecular formula is C22H29FN2O2. The van der Waals surface area contributed by atoms with Crippen molar-refractivity contribution in [3.63, 3.8) is 0 Å². The van der Waals surface area contributed by atoms with Crippen LogP contribution in [0.25, 0.3) is 0 Å². The third-order valence-electron chi connectivity index (χ3n) is 5.33. The quantitative estimate of drug-likeness (QED) is 0.844. The topological polar surface area (TPSA) is 35.9 Å². The van der Waals surface area contributed by atoms with Crippen molar-refractivity contribution in [2.24, 2.45) is 0 Å². The highest BCUT2D eigenvalue weighted by atomic mass is 19.1. The standard InChI is InChI=1S/C22H29FN2O2/c1-16-4-5-17(2)22(18(16)3)27-15-21(26)14-24-10-12-25(13-11-24)20-8-6-19(23)7-9-20/h4-9,21,26H,10-15H2,1-3H3. The molecule has 0 saturated carbocycles. The van der Waals surface area contributed by atoms with Gasteiger partial charge in [0, 0.05) is 38.4 Å². The van der Waals surface area contributed by atoms with Crippen LogP contribution < -0.4 is 9.64 Å². The second-order valence-electron chi connectivity index (χ2n) is 7.38. The smallest absolute Gasteiger partial charge is 0.125 e. The van der Waals surface area contributed by atoms with Gasteiger partial charge in [0.25, 0.3) is 0 Å². The number of aryl methyl sites for hydroxylation is 2. The van der Waals surface area contributed by atoms with E-state index in [2.05, 4.69) is 35.8 Å². The lowest BCUT2D eigenvalue weighted by Crippen LogP contribution is -2.49. The predicted octanol–water partition coefficient (Wildman–Crippen LogP) is 3.31. The molecule has 1 N–H and O–H groups in total. The second-order valence-corrected chi connectivity index (χ2v) is 7.38. The maximum atomic E-state index is 13.1. The lowest BCUT2D eigenvalue weighted by molar-refractivity contribution is 0.0658. The van der Waals surface area contributed by atoms with E-state index < -0.39 is 6.10 Å². The van der Waals surface area contributed by atoms with Gasteiger partial charge in [-0.15, -0.1) is 0 Å². The number of hydrogen-bond donors (Lipinski definition) is 1. The van der Waals surface area contributed by atoms with E-state index in [1.165, 1.54) is 17.7 Å². The summed E-state index contributed by atoms with van der Waals surface area (Å²) in [7, 11) is 0. The van der Waals surface area contributed by atoms with Crippen LogP contribution >= 0.6 is 0 Å². The summed E-state index contributed by atoms with van der Waals surface area (Å²) < 4.78 is 19.0. The van der Waals surface area contributed by atoms with Crippen LogP contribution in [0.4, 0.5) is 10.1 Å². The molecule has 0 amide bonds. The summed E-state index contributed by atoms with van der Waals surface area (Å²) in [5, 5.41) is 10.4. The van der Waals surface area contributed by atoms with Gasteiger partial charge in [0.1, 0.15) is 24.3 Å². The molecule has 0 aliphatic carbocycles. The number of rotatable bonds is 6. The molecule has 1 aliphatic heterocycles. The summed E-state index contributed by atoms with van der Waals surface area (Å²) in [5.41, 5.74) is 4.47. The summed E-state index contributed by atoms with van der Waals surface area (Å²) in [6.45, 7) is 10.5. The Morgan fingerprint density at radius 2 is 1.59 bits per heavy atom. The van der Waals surface area contributed by atoms with Crippen LogP contribution in [0.1, 0.15) is 16.7 Å². The normalized spacial score (nSPS) is 16.4. The largest absolute Gasteiger partial charge is 0.490 e. The lowest BCUT2D eigenvalue weighted by Gasteiger charge is -2.36. The second kappa shape index (κ2) is 8.72. The zero-order valence-corrected chi connectivity index (χ0v) is 16.4. The molecular weight excluding hydrogens is 343 g/mol. The van der Waals surface area contributed by atoms with Crippen LogP contribution in [0.2, 0.25) is 0 Å². The molecule has 0 aromatic heterocycles. The third kappa shape index (κ3) is 4.99. The number of aliphatic hydroxyl groups is 1. The monoisotopic (exact) mass is 372 g/mol. The molecule has 0 bridgehead atoms. The first-order chi connectivity index (χ1) is 12.9. The van der Waals surface area contributed by atoms with Crippen LogP contribution in [0.5, 0.6) is 5.75 Å². The summed E-state index contributed by atoms with van der Waals surface area (Å²) in [6.07, 6.45) is -0.526. The number of aliphatic hydroxyl groups excluding tert-OH is 1. The first-order valence-electron chi connectivity index (χ1n) is 9.54. The van der Waals surface area contributed by atoms with E-state index in [4.69, 9.17) is 4.74 Å². The van der Waals surface area contributed by atoms with Crippen LogP contribution in [-0.2, 0) is 0 Å². The molecule has 1 saturated heterocycles. The van der Waals surface area contributed by atoms with Crippen LogP contribution in [0.15, 0.2) is 36.4 Å². The third-order valence-corrected chi connectivity index (χ3v) is 5.33. The number of benzene rings is 2. The molecule has 0 spiro atoms. The SMILES string of the molecule is Cc1ccc(C)c(OCC(O)CN2CCN(c3ccc(F)cc3)CC2)c1C. The van der Waals surface area contributed by atoms with E-state index in [0.29, 0.717) is 13.2 Å². The summed E-state index contributed by atoms with van der Waals surface area (Å²) in [5.74, 6) is 0.676. The number of ether oxygens (including phenoxy) is 1. The Bertz CT molecular complexity index is 756. The molecule has 4 nitrogen and oxygen atoms in total. The van der Waals surface area contributed by atoms with Gasteiger partial charge in [0.2, 0.25) is 0 Å². The molecule has 2 aromatic rings. The fourth-order valence-corrected chi connectivity index (χ4v) is 3.52. The number of β-amino-alcohol motifs (C(OH)–C–C–N with tert-alkyl or cyclic N) is 1. The van der Waals surface area contributed by atoms with Crippen molar-refractivity contribution in [1.82, 2.24) is 4.90 Å². The number of halogens is 1. The molecule has 1 heterocycles. The van der Waals surface area contributed by atoms with Crippen molar-refractivity contribution < 1.29 is 14.2 Å². The first kappa shape index (κ1) is 19.6. The first-order valence-corrected chi connectivity index (χ1v) is 9.54. The van der Waals surface area contributed by atoms with Crippen molar-refractivity contribution in [3.8, 4) is 5.75 Å². The minimum atomic E-state index is -0.526. The van der Waals surface area contributed by atoms with Gasteiger partial charge in [-0.1, -0.05) is 12.1 Å². The number of anilines is 1. The Hall–Kier alpha value is -2.11. The van der Waals surface area contributed by atoms with Gasteiger partial charge < -0.3 is 14.7 Å². The van der Waals surface area contributed by atoms with Crippen LogP contribution in [0.3, 0.4) is 0 Å². The molecule has 5 heteroatoms. The van der Waals surface area contributed by atoms with E-state index in [-0.39, 0.29) is 5.82 Å². The minimum Gasteiger partial charge on any atom is -0.490 e. The molecule has 1 unspecified atom stereocenters. The van der Waals surface area contributed by atoms with Gasteiger partial charge in [0.15, 0.2) is 0 Å². The lowest BCUT2D eigenvalue weighted by atomic mass is 10.1. The highest BCUT2D eigenvalue weighted by Gasteiger charge is 2.20. The minimum absolute atomic E-state index is 0.209. The zero-order chi connectivity index (χ0) is 19.4. The molecule has 1 atom stereocenters. The summed E-state index contributed by atoms with van der Waals surface area (Å²) in [6, 6.07) is 10.8. The van der Waals surface area contributed by atoms with Gasteiger partial charge in [-0.25, -0.2) is 4.39 Å². The van der Waals surface area contributed by atoms with Crippen molar-refractivity contribution >= 4 is 5.69 Å². The average Bonchev–Trinajstić information content (AvgIpc) is 2.66. The average molecular weight is 372 g/mol. The Balaban J connectivity index is 1.46. The maximum Gasteiger partial charge on any atom is 0.125 e. The number of piperazine rings is 1. The van der Waals surface area contributed by atoms with Crippen molar-refractivity contribution in [2.75, 3.05) is 44.2 Å². The summed E-state index contributed by atoms with van der Waals surface area (Å²) >= 11 is 0. The van der Waals surface area contributed by atoms with Crippen LogP contribution in [0, 0.1) is 26.6 Å². The highest BCUT2D eigenvalue weighted by molar-refractivity contribution is 5.46. The van der Waals surface area contributed by atoms with Crippen molar-refractivity contribution in [3.05, 3.63) is 58.9 Å². The predicted molar refractivity (Wildman–Crippen MR) is 107 cm³/mol. The van der Waals surface area contributed by atoms with Gasteiger partial charge in [-0.3, -0.25) is 4.90 Å². The van der Waals surface area contributed by atoms with Gasteiger partial charge in [0.05, 0.1) is 0 Å². The number of hydrogen-bond acceptors (Lipinski definition) is 4. The van der Waals surface area contributed by atoms with Crippen molar-refractivity contribution in [1.29, 1.82) is 0 Å². The fourth-order valence-electron chi connectivity index (χ4n) is 3.52. The van der Waals surface area contributed by atoms with Gasteiger partial charge in [-0.05, 0) is 61.7 Å². The molecule has 27 heavy (non-hydrogen) atoms.